The van der Waals surface area contributed by atoms with E-state index in [9.17, 15) is 28.0 Å². The number of carbonyl (C=O) groups is 2. The minimum absolute atomic E-state index is 0.121. The predicted octanol–water partition coefficient (Wildman–Crippen LogP) is 0.329. The van der Waals surface area contributed by atoms with Crippen LogP contribution in [0.1, 0.15) is 18.2 Å². The molecule has 1 N–H and O–H groups in total. The molecule has 1 fully saturated rings. The molecule has 1 aliphatic heterocycles. The van der Waals surface area contributed by atoms with Crippen LogP contribution in [0, 0.1) is 11.6 Å². The molecule has 1 aromatic heterocycles. The first kappa shape index (κ1) is 18.5. The molecule has 1 aliphatic rings. The SMILES string of the molecule is Cn1c(CN2C(=O)NC(C)(c3cc(F)ccc3F)C2=O)cc(=O)n(C)c1=O. The quantitative estimate of drug-likeness (QED) is 0.779. The van der Waals surface area contributed by atoms with E-state index in [1.165, 1.54) is 21.0 Å². The number of carbonyl (C=O) groups excluding carboxylic acids is 2. The van der Waals surface area contributed by atoms with E-state index in [0.29, 0.717) is 0 Å². The third-order valence-corrected chi connectivity index (χ3v) is 4.69. The van der Waals surface area contributed by atoms with Crippen molar-refractivity contribution in [2.75, 3.05) is 0 Å². The van der Waals surface area contributed by atoms with Crippen LogP contribution in [-0.2, 0) is 31.0 Å². The van der Waals surface area contributed by atoms with Gasteiger partial charge in [0.25, 0.3) is 11.5 Å². The second kappa shape index (κ2) is 6.15. The number of hydrogen-bond acceptors (Lipinski definition) is 4. The maximum absolute atomic E-state index is 14.2. The lowest BCUT2D eigenvalue weighted by Crippen LogP contribution is -2.42. The molecule has 1 aromatic carbocycles. The largest absolute Gasteiger partial charge is 0.330 e. The molecule has 8 nitrogen and oxygen atoms in total. The zero-order valence-corrected chi connectivity index (χ0v) is 14.7. The smallest absolute Gasteiger partial charge is 0.319 e. The van der Waals surface area contributed by atoms with Crippen LogP contribution < -0.4 is 16.6 Å². The summed E-state index contributed by atoms with van der Waals surface area (Å²) in [6.07, 6.45) is 0. The summed E-state index contributed by atoms with van der Waals surface area (Å²) in [5.74, 6) is -2.44. The van der Waals surface area contributed by atoms with Gasteiger partial charge in [-0.2, -0.15) is 0 Å². The van der Waals surface area contributed by atoms with Crippen LogP contribution in [-0.4, -0.2) is 26.0 Å². The Morgan fingerprint density at radius 2 is 1.70 bits per heavy atom. The average molecular weight is 378 g/mol. The van der Waals surface area contributed by atoms with Crippen LogP contribution in [0.15, 0.2) is 33.9 Å². The van der Waals surface area contributed by atoms with Gasteiger partial charge in [-0.3, -0.25) is 23.6 Å². The van der Waals surface area contributed by atoms with Gasteiger partial charge >= 0.3 is 11.7 Å². The Labute approximate surface area is 151 Å². The Hall–Kier alpha value is -3.30. The van der Waals surface area contributed by atoms with Gasteiger partial charge in [-0.15, -0.1) is 0 Å². The zero-order valence-electron chi connectivity index (χ0n) is 14.7. The van der Waals surface area contributed by atoms with Crippen LogP contribution in [0.5, 0.6) is 0 Å². The van der Waals surface area contributed by atoms with Gasteiger partial charge in [-0.05, 0) is 25.1 Å². The van der Waals surface area contributed by atoms with E-state index in [1.807, 2.05) is 0 Å². The molecule has 2 heterocycles. The molecule has 0 saturated carbocycles. The van der Waals surface area contributed by atoms with E-state index in [4.69, 9.17) is 0 Å². The first-order chi connectivity index (χ1) is 12.6. The van der Waals surface area contributed by atoms with Crippen molar-refractivity contribution in [1.82, 2.24) is 19.4 Å². The standard InChI is InChI=1S/C17H16F2N4O4/c1-17(11-6-9(18)4-5-12(11)19)14(25)23(15(26)20-17)8-10-7-13(24)22(3)16(27)21(10)2/h4-7H,8H2,1-3H3,(H,20,26). The van der Waals surface area contributed by atoms with Gasteiger partial charge in [0.1, 0.15) is 17.2 Å². The molecule has 10 heteroatoms. The van der Waals surface area contributed by atoms with E-state index >= 15 is 0 Å². The summed E-state index contributed by atoms with van der Waals surface area (Å²) in [6.45, 7) is 0.882. The molecule has 27 heavy (non-hydrogen) atoms. The molecule has 1 saturated heterocycles. The lowest BCUT2D eigenvalue weighted by molar-refractivity contribution is -0.131. The van der Waals surface area contributed by atoms with Gasteiger partial charge in [0.15, 0.2) is 0 Å². The van der Waals surface area contributed by atoms with E-state index in [2.05, 4.69) is 5.32 Å². The van der Waals surface area contributed by atoms with Gasteiger partial charge in [0, 0.05) is 31.4 Å². The predicted molar refractivity (Wildman–Crippen MR) is 89.7 cm³/mol. The summed E-state index contributed by atoms with van der Waals surface area (Å²) >= 11 is 0. The third-order valence-electron chi connectivity index (χ3n) is 4.69. The summed E-state index contributed by atoms with van der Waals surface area (Å²) in [4.78, 5) is 49.8. The van der Waals surface area contributed by atoms with Crippen molar-refractivity contribution >= 4 is 11.9 Å². The monoisotopic (exact) mass is 378 g/mol. The molecule has 1 unspecified atom stereocenters. The van der Waals surface area contributed by atoms with Crippen molar-refractivity contribution in [1.29, 1.82) is 0 Å². The van der Waals surface area contributed by atoms with Gasteiger partial charge in [0.2, 0.25) is 0 Å². The summed E-state index contributed by atoms with van der Waals surface area (Å²) in [6, 6.07) is 2.88. The highest BCUT2D eigenvalue weighted by molar-refractivity contribution is 6.07. The highest BCUT2D eigenvalue weighted by atomic mass is 19.1. The number of rotatable bonds is 3. The van der Waals surface area contributed by atoms with Gasteiger partial charge in [-0.1, -0.05) is 0 Å². The Bertz CT molecular complexity index is 1090. The van der Waals surface area contributed by atoms with Crippen LogP contribution in [0.4, 0.5) is 13.6 Å². The van der Waals surface area contributed by atoms with Crippen molar-refractivity contribution in [3.05, 3.63) is 68.0 Å². The number of imide groups is 1. The molecule has 1 atom stereocenters. The number of halogens is 2. The van der Waals surface area contributed by atoms with Crippen LogP contribution in [0.3, 0.4) is 0 Å². The minimum atomic E-state index is -1.82. The molecule has 142 valence electrons. The number of hydrogen-bond donors (Lipinski definition) is 1. The molecule has 0 bridgehead atoms. The topological polar surface area (TPSA) is 93.4 Å². The second-order valence-electron chi connectivity index (χ2n) is 6.45. The third kappa shape index (κ3) is 2.82. The molecule has 0 aliphatic carbocycles. The number of nitrogens with one attached hydrogen (secondary N) is 1. The second-order valence-corrected chi connectivity index (χ2v) is 6.45. The summed E-state index contributed by atoms with van der Waals surface area (Å²) < 4.78 is 29.7. The lowest BCUT2D eigenvalue weighted by atomic mass is 9.91. The maximum Gasteiger partial charge on any atom is 0.330 e. The molecule has 3 rings (SSSR count). The summed E-state index contributed by atoms with van der Waals surface area (Å²) in [5.41, 5.74) is -3.23. The van der Waals surface area contributed by atoms with Crippen LogP contribution >= 0.6 is 0 Å². The van der Waals surface area contributed by atoms with E-state index in [0.717, 1.165) is 38.3 Å². The molecule has 0 radical (unpaired) electrons. The molecule has 0 spiro atoms. The van der Waals surface area contributed by atoms with Crippen LogP contribution in [0.25, 0.3) is 0 Å². The van der Waals surface area contributed by atoms with Crippen molar-refractivity contribution in [3.8, 4) is 0 Å². The maximum atomic E-state index is 14.2. The number of aromatic nitrogens is 2. The van der Waals surface area contributed by atoms with Gasteiger partial charge < -0.3 is 5.32 Å². The van der Waals surface area contributed by atoms with E-state index < -0.39 is 40.4 Å². The molecule has 2 aromatic rings. The Morgan fingerprint density at radius 3 is 2.37 bits per heavy atom. The first-order valence-corrected chi connectivity index (χ1v) is 7.92. The molecule has 3 amide bonds. The Kier molecular flexibility index (Phi) is 4.21. The van der Waals surface area contributed by atoms with E-state index in [-0.39, 0.29) is 17.8 Å². The Balaban J connectivity index is 2.02. The van der Waals surface area contributed by atoms with Crippen molar-refractivity contribution in [2.24, 2.45) is 14.1 Å². The fraction of sp³-hybridized carbons (Fsp3) is 0.294. The average Bonchev–Trinajstić information content (AvgIpc) is 2.83. The van der Waals surface area contributed by atoms with Crippen molar-refractivity contribution in [2.45, 2.75) is 19.0 Å². The van der Waals surface area contributed by atoms with Crippen LogP contribution in [0.2, 0.25) is 0 Å². The normalized spacial score (nSPS) is 19.5. The van der Waals surface area contributed by atoms with Gasteiger partial charge in [-0.25, -0.2) is 18.4 Å². The highest BCUT2D eigenvalue weighted by Crippen LogP contribution is 2.31. The number of benzene rings is 1. The van der Waals surface area contributed by atoms with Crippen molar-refractivity contribution < 1.29 is 18.4 Å². The number of amides is 3. The molecular weight excluding hydrogens is 362 g/mol. The van der Waals surface area contributed by atoms with Crippen molar-refractivity contribution in [3.63, 3.8) is 0 Å². The van der Waals surface area contributed by atoms with Gasteiger partial charge in [0.05, 0.1) is 6.54 Å². The fourth-order valence-corrected chi connectivity index (χ4v) is 3.00. The number of urea groups is 1. The lowest BCUT2D eigenvalue weighted by Gasteiger charge is -2.23. The zero-order chi connectivity index (χ0) is 20.1. The number of nitrogens with zero attached hydrogens (tertiary/aromatic N) is 3. The summed E-state index contributed by atoms with van der Waals surface area (Å²) in [5, 5.41) is 2.35. The Morgan fingerprint density at radius 1 is 1.04 bits per heavy atom. The fourth-order valence-electron chi connectivity index (χ4n) is 3.00. The molecular formula is C17H16F2N4O4. The minimum Gasteiger partial charge on any atom is -0.319 e. The highest BCUT2D eigenvalue weighted by Gasteiger charge is 2.50. The summed E-state index contributed by atoms with van der Waals surface area (Å²) in [7, 11) is 2.69. The first-order valence-electron chi connectivity index (χ1n) is 7.92. The van der Waals surface area contributed by atoms with E-state index in [1.54, 1.807) is 0 Å².